The zero-order chi connectivity index (χ0) is 23.8. The SMILES string of the molecule is Cn1nc(-c2ccc(F)cc2)cc1[C@H]1CN2CC[C@H]1C[C@@H]2CN(Cc1ccco1)Cc1ccco1. The maximum atomic E-state index is 13.4. The van der Waals surface area contributed by atoms with Gasteiger partial charge in [-0.3, -0.25) is 14.5 Å². The lowest BCUT2D eigenvalue weighted by Gasteiger charge is -2.50. The Morgan fingerprint density at radius 3 is 2.34 bits per heavy atom. The molecule has 1 unspecified atom stereocenters. The van der Waals surface area contributed by atoms with Gasteiger partial charge in [-0.1, -0.05) is 0 Å². The van der Waals surface area contributed by atoms with Crippen molar-refractivity contribution in [2.75, 3.05) is 19.6 Å². The average molecular weight is 475 g/mol. The highest BCUT2D eigenvalue weighted by molar-refractivity contribution is 5.59. The molecule has 3 aliphatic rings. The number of furan rings is 2. The Hall–Kier alpha value is -3.16. The molecule has 0 radical (unpaired) electrons. The van der Waals surface area contributed by atoms with Gasteiger partial charge in [-0.15, -0.1) is 0 Å². The summed E-state index contributed by atoms with van der Waals surface area (Å²) in [4.78, 5) is 5.10. The summed E-state index contributed by atoms with van der Waals surface area (Å²) in [7, 11) is 2.03. The van der Waals surface area contributed by atoms with Gasteiger partial charge in [0.05, 0.1) is 31.3 Å². The lowest BCUT2D eigenvalue weighted by molar-refractivity contribution is 0.00571. The average Bonchev–Trinajstić information content (AvgIpc) is 3.63. The number of benzene rings is 1. The van der Waals surface area contributed by atoms with Crippen LogP contribution in [0.5, 0.6) is 0 Å². The molecule has 0 aliphatic carbocycles. The molecule has 4 aromatic rings. The Balaban J connectivity index is 1.17. The van der Waals surface area contributed by atoms with E-state index >= 15 is 0 Å². The first-order valence-electron chi connectivity index (χ1n) is 12.4. The van der Waals surface area contributed by atoms with Gasteiger partial charge >= 0.3 is 0 Å². The van der Waals surface area contributed by atoms with Gasteiger partial charge in [0.2, 0.25) is 0 Å². The van der Waals surface area contributed by atoms with Gasteiger partial charge < -0.3 is 8.83 Å². The molecule has 0 saturated carbocycles. The lowest BCUT2D eigenvalue weighted by atomic mass is 9.74. The third-order valence-electron chi connectivity index (χ3n) is 7.70. The van der Waals surface area contributed by atoms with Gasteiger partial charge in [-0.25, -0.2) is 4.39 Å². The van der Waals surface area contributed by atoms with Crippen LogP contribution in [0.1, 0.15) is 36.0 Å². The van der Waals surface area contributed by atoms with Crippen molar-refractivity contribution in [1.29, 1.82) is 0 Å². The first-order valence-corrected chi connectivity index (χ1v) is 12.4. The van der Waals surface area contributed by atoms with E-state index in [1.165, 1.54) is 30.7 Å². The molecule has 2 bridgehead atoms. The van der Waals surface area contributed by atoms with Crippen molar-refractivity contribution < 1.29 is 13.2 Å². The van der Waals surface area contributed by atoms with Crippen LogP contribution in [-0.2, 0) is 20.1 Å². The minimum atomic E-state index is -0.221. The fourth-order valence-electron chi connectivity index (χ4n) is 5.98. The van der Waals surface area contributed by atoms with E-state index in [-0.39, 0.29) is 5.82 Å². The molecule has 0 spiro atoms. The molecule has 4 atom stereocenters. The molecule has 0 amide bonds. The minimum absolute atomic E-state index is 0.221. The molecule has 182 valence electrons. The number of fused-ring (bicyclic) bond motifs is 3. The summed E-state index contributed by atoms with van der Waals surface area (Å²) in [6.45, 7) is 4.72. The number of halogens is 1. The minimum Gasteiger partial charge on any atom is -0.468 e. The van der Waals surface area contributed by atoms with E-state index in [1.807, 2.05) is 36.0 Å². The van der Waals surface area contributed by atoms with E-state index in [4.69, 9.17) is 13.9 Å². The largest absolute Gasteiger partial charge is 0.468 e. The van der Waals surface area contributed by atoms with Gasteiger partial charge in [-0.05, 0) is 79.9 Å². The van der Waals surface area contributed by atoms with Crippen molar-refractivity contribution in [1.82, 2.24) is 19.6 Å². The summed E-state index contributed by atoms with van der Waals surface area (Å²) in [6, 6.07) is 17.3. The smallest absolute Gasteiger partial charge is 0.123 e. The second-order valence-corrected chi connectivity index (χ2v) is 9.95. The lowest BCUT2D eigenvalue weighted by Crippen LogP contribution is -2.56. The van der Waals surface area contributed by atoms with Crippen LogP contribution in [0.25, 0.3) is 11.3 Å². The zero-order valence-electron chi connectivity index (χ0n) is 20.0. The van der Waals surface area contributed by atoms with Crippen molar-refractivity contribution in [2.24, 2.45) is 13.0 Å². The Morgan fingerprint density at radius 1 is 1.03 bits per heavy atom. The Morgan fingerprint density at radius 2 is 1.74 bits per heavy atom. The van der Waals surface area contributed by atoms with E-state index < -0.39 is 0 Å². The molecular weight excluding hydrogens is 443 g/mol. The molecule has 3 aliphatic heterocycles. The second-order valence-electron chi connectivity index (χ2n) is 9.95. The molecular formula is C28H31FN4O2. The highest BCUT2D eigenvalue weighted by Gasteiger charge is 2.42. The number of hydrogen-bond acceptors (Lipinski definition) is 5. The predicted octanol–water partition coefficient (Wildman–Crippen LogP) is 5.29. The molecule has 1 aromatic carbocycles. The quantitative estimate of drug-likeness (QED) is 0.347. The first kappa shape index (κ1) is 22.3. The van der Waals surface area contributed by atoms with Crippen molar-refractivity contribution in [3.8, 4) is 11.3 Å². The van der Waals surface area contributed by atoms with Crippen LogP contribution in [-0.4, -0.2) is 45.3 Å². The van der Waals surface area contributed by atoms with Crippen molar-refractivity contribution >= 4 is 0 Å². The maximum Gasteiger partial charge on any atom is 0.123 e. The Bertz CT molecular complexity index is 1200. The highest BCUT2D eigenvalue weighted by Crippen LogP contribution is 2.42. The van der Waals surface area contributed by atoms with Crippen LogP contribution in [0.15, 0.2) is 76.0 Å². The van der Waals surface area contributed by atoms with Crippen LogP contribution >= 0.6 is 0 Å². The maximum absolute atomic E-state index is 13.4. The fourth-order valence-corrected chi connectivity index (χ4v) is 5.98. The number of piperidine rings is 3. The van der Waals surface area contributed by atoms with E-state index in [2.05, 4.69) is 15.9 Å². The summed E-state index contributed by atoms with van der Waals surface area (Å²) in [6.07, 6.45) is 5.87. The monoisotopic (exact) mass is 474 g/mol. The normalized spacial score (nSPS) is 23.9. The Labute approximate surface area is 204 Å². The number of aryl methyl sites for hydroxylation is 1. The third-order valence-corrected chi connectivity index (χ3v) is 7.70. The van der Waals surface area contributed by atoms with Crippen molar-refractivity contribution in [2.45, 2.75) is 37.9 Å². The zero-order valence-corrected chi connectivity index (χ0v) is 20.0. The van der Waals surface area contributed by atoms with E-state index in [0.717, 1.165) is 55.5 Å². The number of aromatic nitrogens is 2. The number of rotatable bonds is 8. The van der Waals surface area contributed by atoms with E-state index in [0.29, 0.717) is 17.9 Å². The molecule has 7 rings (SSSR count). The Kier molecular flexibility index (Phi) is 6.04. The van der Waals surface area contributed by atoms with Crippen LogP contribution in [0.3, 0.4) is 0 Å². The van der Waals surface area contributed by atoms with Gasteiger partial charge in [-0.2, -0.15) is 5.10 Å². The molecule has 35 heavy (non-hydrogen) atoms. The van der Waals surface area contributed by atoms with E-state index in [1.54, 1.807) is 24.7 Å². The van der Waals surface area contributed by atoms with E-state index in [9.17, 15) is 4.39 Å². The molecule has 3 fully saturated rings. The first-order chi connectivity index (χ1) is 17.1. The number of hydrogen-bond donors (Lipinski definition) is 0. The molecule has 7 heteroatoms. The topological polar surface area (TPSA) is 50.6 Å². The second kappa shape index (κ2) is 9.47. The summed E-state index contributed by atoms with van der Waals surface area (Å²) < 4.78 is 26.7. The van der Waals surface area contributed by atoms with Crippen molar-refractivity contribution in [3.63, 3.8) is 0 Å². The molecule has 6 heterocycles. The van der Waals surface area contributed by atoms with Crippen LogP contribution in [0, 0.1) is 11.7 Å². The predicted molar refractivity (Wildman–Crippen MR) is 131 cm³/mol. The van der Waals surface area contributed by atoms with Gasteiger partial charge in [0.15, 0.2) is 0 Å². The summed E-state index contributed by atoms with van der Waals surface area (Å²) in [5.74, 6) is 2.84. The van der Waals surface area contributed by atoms with Gasteiger partial charge in [0.1, 0.15) is 17.3 Å². The molecule has 0 N–H and O–H groups in total. The summed E-state index contributed by atoms with van der Waals surface area (Å²) in [5.41, 5.74) is 3.15. The molecule has 6 nitrogen and oxygen atoms in total. The highest BCUT2D eigenvalue weighted by atomic mass is 19.1. The fraction of sp³-hybridized carbons (Fsp3) is 0.393. The van der Waals surface area contributed by atoms with Crippen molar-refractivity contribution in [3.05, 3.63) is 90.2 Å². The molecule has 3 saturated heterocycles. The van der Waals surface area contributed by atoms with Gasteiger partial charge in [0, 0.05) is 43.4 Å². The van der Waals surface area contributed by atoms with Crippen LogP contribution in [0.4, 0.5) is 4.39 Å². The van der Waals surface area contributed by atoms with Crippen LogP contribution in [0.2, 0.25) is 0 Å². The van der Waals surface area contributed by atoms with Gasteiger partial charge in [0.25, 0.3) is 0 Å². The summed E-state index contributed by atoms with van der Waals surface area (Å²) >= 11 is 0. The molecule has 3 aromatic heterocycles. The third kappa shape index (κ3) is 4.70. The summed E-state index contributed by atoms with van der Waals surface area (Å²) in [5, 5.41) is 4.77. The van der Waals surface area contributed by atoms with Crippen LogP contribution < -0.4 is 0 Å². The standard InChI is InChI=1S/C28H31FN4O2/c1-31-28(15-27(30-31)20-6-8-22(29)9-7-20)26-19-33-11-10-21(26)14-23(33)16-32(17-24-4-2-12-34-24)18-25-5-3-13-35-25/h2-9,12-13,15,21,23,26H,10-11,14,16-19H2,1H3/t21-,23+,26-/m0/s1. The number of nitrogens with zero attached hydrogens (tertiary/aromatic N) is 4.